The van der Waals surface area contributed by atoms with Crippen molar-refractivity contribution in [2.75, 3.05) is 5.75 Å². The minimum atomic E-state index is -0.705. The van der Waals surface area contributed by atoms with Crippen LogP contribution in [0.3, 0.4) is 0 Å². The van der Waals surface area contributed by atoms with Crippen molar-refractivity contribution in [3.05, 3.63) is 107 Å². The van der Waals surface area contributed by atoms with Gasteiger partial charge in [0.05, 0.1) is 5.75 Å². The Morgan fingerprint density at radius 2 is 1.58 bits per heavy atom. The van der Waals surface area contributed by atoms with Crippen LogP contribution in [-0.2, 0) is 28.3 Å². The summed E-state index contributed by atoms with van der Waals surface area (Å²) >= 11 is 1.53. The first-order valence-corrected chi connectivity index (χ1v) is 13.3. The highest BCUT2D eigenvalue weighted by molar-refractivity contribution is 7.99. The third-order valence-corrected chi connectivity index (χ3v) is 6.60. The molecule has 0 saturated heterocycles. The van der Waals surface area contributed by atoms with Gasteiger partial charge in [-0.15, -0.1) is 11.8 Å². The van der Waals surface area contributed by atoms with Gasteiger partial charge in [0.2, 0.25) is 11.8 Å². The molecule has 0 fully saturated rings. The Labute approximate surface area is 218 Å². The van der Waals surface area contributed by atoms with E-state index in [9.17, 15) is 14.0 Å². The summed E-state index contributed by atoms with van der Waals surface area (Å²) in [4.78, 5) is 28.8. The van der Waals surface area contributed by atoms with E-state index in [-0.39, 0.29) is 29.9 Å². The highest BCUT2D eigenvalue weighted by Gasteiger charge is 2.32. The van der Waals surface area contributed by atoms with Crippen LogP contribution in [0.4, 0.5) is 4.39 Å². The summed E-state index contributed by atoms with van der Waals surface area (Å²) in [5.74, 6) is 0.280. The number of hydrogen-bond donors (Lipinski definition) is 1. The van der Waals surface area contributed by atoms with Gasteiger partial charge in [-0.25, -0.2) is 4.39 Å². The van der Waals surface area contributed by atoms with Gasteiger partial charge in [-0.05, 0) is 56.5 Å². The number of carbonyl (C=O) groups excluding carboxylic acids is 2. The van der Waals surface area contributed by atoms with Crippen molar-refractivity contribution in [3.63, 3.8) is 0 Å². The normalized spacial score (nSPS) is 12.1. The van der Waals surface area contributed by atoms with Crippen LogP contribution in [0.15, 0.2) is 78.9 Å². The molecule has 0 saturated carbocycles. The average Bonchev–Trinajstić information content (AvgIpc) is 2.82. The van der Waals surface area contributed by atoms with Gasteiger partial charge >= 0.3 is 0 Å². The first-order valence-electron chi connectivity index (χ1n) is 12.1. The molecule has 0 radical (unpaired) electrons. The van der Waals surface area contributed by atoms with Crippen LogP contribution in [0.5, 0.6) is 0 Å². The van der Waals surface area contributed by atoms with Crippen molar-refractivity contribution in [3.8, 4) is 0 Å². The molecule has 190 valence electrons. The minimum Gasteiger partial charge on any atom is -0.350 e. The monoisotopic (exact) mass is 506 g/mol. The summed E-state index contributed by atoms with van der Waals surface area (Å²) in [5.41, 5.74) is 3.63. The van der Waals surface area contributed by atoms with E-state index in [4.69, 9.17) is 0 Å². The van der Waals surface area contributed by atoms with Crippen molar-refractivity contribution in [1.82, 2.24) is 10.2 Å². The standard InChI is InChI=1S/C30H35FN2O2S/c1-22-9-8-12-25(17-22)20-36-21-28(34)33(19-24-13-15-26(31)16-14-24)27(29(35)32-30(2,3)4)18-23-10-6-5-7-11-23/h5-17,27H,18-21H2,1-4H3,(H,32,35)/t27-/m0/s1. The smallest absolute Gasteiger partial charge is 0.243 e. The van der Waals surface area contributed by atoms with Crippen LogP contribution < -0.4 is 5.32 Å². The number of amides is 2. The molecule has 0 aliphatic heterocycles. The van der Waals surface area contributed by atoms with Crippen LogP contribution >= 0.6 is 11.8 Å². The van der Waals surface area contributed by atoms with Crippen LogP contribution in [-0.4, -0.2) is 34.0 Å². The number of benzene rings is 3. The molecule has 3 rings (SSSR count). The van der Waals surface area contributed by atoms with Crippen molar-refractivity contribution < 1.29 is 14.0 Å². The fourth-order valence-corrected chi connectivity index (χ4v) is 4.79. The Kier molecular flexibility index (Phi) is 9.71. The fourth-order valence-electron chi connectivity index (χ4n) is 3.93. The van der Waals surface area contributed by atoms with Gasteiger partial charge in [0.25, 0.3) is 0 Å². The molecular weight excluding hydrogens is 471 g/mol. The summed E-state index contributed by atoms with van der Waals surface area (Å²) in [7, 11) is 0. The third kappa shape index (κ3) is 8.83. The second-order valence-corrected chi connectivity index (χ2v) is 11.1. The predicted molar refractivity (Wildman–Crippen MR) is 146 cm³/mol. The Bertz CT molecular complexity index is 1140. The molecule has 0 aliphatic carbocycles. The van der Waals surface area contributed by atoms with Gasteiger partial charge in [0.1, 0.15) is 11.9 Å². The van der Waals surface area contributed by atoms with Gasteiger partial charge in [0.15, 0.2) is 0 Å². The number of rotatable bonds is 10. The van der Waals surface area contributed by atoms with E-state index >= 15 is 0 Å². The fraction of sp³-hybridized carbons (Fsp3) is 0.333. The summed E-state index contributed by atoms with van der Waals surface area (Å²) in [5, 5.41) is 3.06. The largest absolute Gasteiger partial charge is 0.350 e. The lowest BCUT2D eigenvalue weighted by atomic mass is 10.0. The van der Waals surface area contributed by atoms with Gasteiger partial charge in [0, 0.05) is 24.3 Å². The van der Waals surface area contributed by atoms with E-state index in [1.807, 2.05) is 70.2 Å². The summed E-state index contributed by atoms with van der Waals surface area (Å²) < 4.78 is 13.6. The minimum absolute atomic E-state index is 0.123. The number of thioether (sulfide) groups is 1. The molecule has 3 aromatic rings. The van der Waals surface area contributed by atoms with Crippen LogP contribution in [0.25, 0.3) is 0 Å². The molecule has 0 bridgehead atoms. The van der Waals surface area contributed by atoms with Crippen LogP contribution in [0.1, 0.15) is 43.0 Å². The zero-order valence-electron chi connectivity index (χ0n) is 21.5. The molecule has 0 heterocycles. The second-order valence-electron chi connectivity index (χ2n) is 10.1. The molecule has 36 heavy (non-hydrogen) atoms. The molecular formula is C30H35FN2O2S. The maximum absolute atomic E-state index is 13.6. The highest BCUT2D eigenvalue weighted by Crippen LogP contribution is 2.20. The maximum Gasteiger partial charge on any atom is 0.243 e. The van der Waals surface area contributed by atoms with E-state index < -0.39 is 11.6 Å². The maximum atomic E-state index is 13.6. The molecule has 1 atom stereocenters. The molecule has 4 nitrogen and oxygen atoms in total. The Hall–Kier alpha value is -3.12. The van der Waals surface area contributed by atoms with E-state index in [0.29, 0.717) is 12.2 Å². The third-order valence-electron chi connectivity index (χ3n) is 5.61. The highest BCUT2D eigenvalue weighted by atomic mass is 32.2. The molecule has 0 spiro atoms. The number of halogens is 1. The topological polar surface area (TPSA) is 49.4 Å². The lowest BCUT2D eigenvalue weighted by Crippen LogP contribution is -2.54. The molecule has 3 aromatic carbocycles. The quantitative estimate of drug-likeness (QED) is 0.371. The van der Waals surface area contributed by atoms with E-state index in [2.05, 4.69) is 17.4 Å². The SMILES string of the molecule is Cc1cccc(CSCC(=O)N(Cc2ccc(F)cc2)[C@@H](Cc2ccccc2)C(=O)NC(C)(C)C)c1. The number of nitrogens with zero attached hydrogens (tertiary/aromatic N) is 1. The second kappa shape index (κ2) is 12.7. The molecule has 0 unspecified atom stereocenters. The summed E-state index contributed by atoms with van der Waals surface area (Å²) in [6.07, 6.45) is 0.387. The molecule has 2 amide bonds. The Morgan fingerprint density at radius 1 is 0.917 bits per heavy atom. The number of aryl methyl sites for hydroxylation is 1. The van der Waals surface area contributed by atoms with Gasteiger partial charge in [-0.1, -0.05) is 72.3 Å². The summed E-state index contributed by atoms with van der Waals surface area (Å²) in [6, 6.07) is 23.3. The van der Waals surface area contributed by atoms with Gasteiger partial charge < -0.3 is 10.2 Å². The van der Waals surface area contributed by atoms with Crippen LogP contribution in [0.2, 0.25) is 0 Å². The Morgan fingerprint density at radius 3 is 2.22 bits per heavy atom. The lowest BCUT2D eigenvalue weighted by molar-refractivity contribution is -0.140. The van der Waals surface area contributed by atoms with E-state index in [1.165, 1.54) is 29.5 Å². The van der Waals surface area contributed by atoms with Gasteiger partial charge in [-0.3, -0.25) is 9.59 Å². The van der Waals surface area contributed by atoms with Crippen molar-refractivity contribution in [1.29, 1.82) is 0 Å². The first kappa shape index (κ1) is 27.5. The number of carbonyl (C=O) groups is 2. The van der Waals surface area contributed by atoms with Crippen molar-refractivity contribution >= 4 is 23.6 Å². The lowest BCUT2D eigenvalue weighted by Gasteiger charge is -2.34. The zero-order chi connectivity index (χ0) is 26.1. The number of nitrogens with one attached hydrogen (secondary N) is 1. The van der Waals surface area contributed by atoms with E-state index in [1.54, 1.807) is 17.0 Å². The van der Waals surface area contributed by atoms with Crippen molar-refractivity contribution in [2.45, 2.75) is 58.0 Å². The zero-order valence-corrected chi connectivity index (χ0v) is 22.3. The summed E-state index contributed by atoms with van der Waals surface area (Å²) in [6.45, 7) is 8.04. The van der Waals surface area contributed by atoms with Gasteiger partial charge in [-0.2, -0.15) is 0 Å². The first-order chi connectivity index (χ1) is 17.1. The molecule has 6 heteroatoms. The average molecular weight is 507 g/mol. The van der Waals surface area contributed by atoms with Crippen LogP contribution in [0, 0.1) is 12.7 Å². The molecule has 0 aromatic heterocycles. The Balaban J connectivity index is 1.86. The number of hydrogen-bond acceptors (Lipinski definition) is 3. The molecule has 1 N–H and O–H groups in total. The van der Waals surface area contributed by atoms with E-state index in [0.717, 1.165) is 16.7 Å². The predicted octanol–water partition coefficient (Wildman–Crippen LogP) is 5.92. The van der Waals surface area contributed by atoms with Crippen molar-refractivity contribution in [2.24, 2.45) is 0 Å². The molecule has 0 aliphatic rings.